The number of piperazine rings is 1. The number of hydrogen-bond donors (Lipinski definition) is 3. The van der Waals surface area contributed by atoms with Gasteiger partial charge in [-0.3, -0.25) is 15.0 Å². The summed E-state index contributed by atoms with van der Waals surface area (Å²) in [7, 11) is 0. The molecule has 1 amide bonds. The predicted octanol–water partition coefficient (Wildman–Crippen LogP) is 3.16. The molecule has 2 aromatic carbocycles. The van der Waals surface area contributed by atoms with Gasteiger partial charge in [-0.2, -0.15) is 0 Å². The maximum absolute atomic E-state index is 13.3. The van der Waals surface area contributed by atoms with Gasteiger partial charge in [0.15, 0.2) is 11.1 Å². The van der Waals surface area contributed by atoms with Gasteiger partial charge in [-0.15, -0.1) is 0 Å². The van der Waals surface area contributed by atoms with Crippen LogP contribution in [0.1, 0.15) is 31.9 Å². The van der Waals surface area contributed by atoms with Crippen molar-refractivity contribution in [3.63, 3.8) is 0 Å². The van der Waals surface area contributed by atoms with E-state index in [1.165, 1.54) is 0 Å². The number of carbonyl (C=O) groups is 3. The van der Waals surface area contributed by atoms with Crippen LogP contribution in [0.5, 0.6) is 0 Å². The van der Waals surface area contributed by atoms with E-state index in [0.29, 0.717) is 5.56 Å². The average molecular weight is 455 g/mol. The molecule has 1 heterocycles. The molecular formula is C25H30N2O6. The van der Waals surface area contributed by atoms with Crippen LogP contribution in [0.2, 0.25) is 0 Å². The third-order valence-corrected chi connectivity index (χ3v) is 6.33. The highest BCUT2D eigenvalue weighted by Crippen LogP contribution is 2.47. The molecule has 1 aliphatic heterocycles. The van der Waals surface area contributed by atoms with Gasteiger partial charge in [-0.1, -0.05) is 81.4 Å². The van der Waals surface area contributed by atoms with Crippen LogP contribution in [0.3, 0.4) is 0 Å². The average Bonchev–Trinajstić information content (AvgIpc) is 2.77. The summed E-state index contributed by atoms with van der Waals surface area (Å²) < 4.78 is 5.50. The number of carbonyl (C=O) groups excluding carboxylic acids is 1. The minimum absolute atomic E-state index is 0.0160. The minimum Gasteiger partial charge on any atom is -0.480 e. The van der Waals surface area contributed by atoms with Gasteiger partial charge in [0, 0.05) is 19.5 Å². The van der Waals surface area contributed by atoms with E-state index in [1.54, 1.807) is 75.4 Å². The van der Waals surface area contributed by atoms with Crippen molar-refractivity contribution in [3.8, 4) is 0 Å². The Kier molecular flexibility index (Phi) is 6.78. The smallest absolute Gasteiger partial charge is 0.411 e. The van der Waals surface area contributed by atoms with Crippen LogP contribution in [-0.2, 0) is 27.4 Å². The first-order chi connectivity index (χ1) is 15.6. The molecule has 3 rings (SSSR count). The summed E-state index contributed by atoms with van der Waals surface area (Å²) >= 11 is 0. The maximum Gasteiger partial charge on any atom is 0.411 e. The lowest BCUT2D eigenvalue weighted by molar-refractivity contribution is -0.183. The molecule has 0 bridgehead atoms. The largest absolute Gasteiger partial charge is 0.480 e. The third kappa shape index (κ3) is 4.18. The van der Waals surface area contributed by atoms with Gasteiger partial charge in [0.05, 0.1) is 0 Å². The molecule has 2 atom stereocenters. The van der Waals surface area contributed by atoms with Crippen molar-refractivity contribution in [2.24, 2.45) is 5.41 Å². The second-order valence-electron chi connectivity index (χ2n) is 9.25. The van der Waals surface area contributed by atoms with Gasteiger partial charge >= 0.3 is 18.0 Å². The van der Waals surface area contributed by atoms with Gasteiger partial charge < -0.3 is 14.9 Å². The van der Waals surface area contributed by atoms with E-state index < -0.39 is 34.5 Å². The first kappa shape index (κ1) is 24.3. The van der Waals surface area contributed by atoms with Crippen molar-refractivity contribution in [2.45, 2.75) is 44.9 Å². The Hall–Kier alpha value is -3.39. The SMILES string of the molecule is CC(C)(C)C1(C(=O)O)NCCN(C(=O)OCc2ccccc2)C1(Cc1ccccc1)C(=O)O. The number of nitrogens with zero attached hydrogens (tertiary/aromatic N) is 1. The van der Waals surface area contributed by atoms with E-state index in [1.807, 2.05) is 6.07 Å². The fourth-order valence-electron chi connectivity index (χ4n) is 4.87. The van der Waals surface area contributed by atoms with Crippen LogP contribution in [0.4, 0.5) is 4.79 Å². The first-order valence-corrected chi connectivity index (χ1v) is 10.8. The van der Waals surface area contributed by atoms with E-state index in [0.717, 1.165) is 10.5 Å². The number of aliphatic carboxylic acids is 2. The van der Waals surface area contributed by atoms with Crippen LogP contribution < -0.4 is 5.32 Å². The first-order valence-electron chi connectivity index (χ1n) is 10.8. The summed E-state index contributed by atoms with van der Waals surface area (Å²) in [5, 5.41) is 24.1. The minimum atomic E-state index is -2.15. The topological polar surface area (TPSA) is 116 Å². The van der Waals surface area contributed by atoms with Crippen molar-refractivity contribution in [1.82, 2.24) is 10.2 Å². The van der Waals surface area contributed by atoms with Gasteiger partial charge in [-0.25, -0.2) is 9.59 Å². The summed E-state index contributed by atoms with van der Waals surface area (Å²) in [5.74, 6) is -2.75. The van der Waals surface area contributed by atoms with Crippen LogP contribution in [0.25, 0.3) is 0 Å². The Morgan fingerprint density at radius 2 is 1.48 bits per heavy atom. The molecular weight excluding hydrogens is 424 g/mol. The number of carboxylic acids is 2. The Morgan fingerprint density at radius 1 is 0.939 bits per heavy atom. The molecule has 33 heavy (non-hydrogen) atoms. The van der Waals surface area contributed by atoms with Gasteiger partial charge in [-0.05, 0) is 16.5 Å². The predicted molar refractivity (Wildman–Crippen MR) is 122 cm³/mol. The quantitative estimate of drug-likeness (QED) is 0.614. The van der Waals surface area contributed by atoms with Crippen molar-refractivity contribution in [3.05, 3.63) is 71.8 Å². The molecule has 0 saturated carbocycles. The number of hydrogen-bond acceptors (Lipinski definition) is 5. The Bertz CT molecular complexity index is 1000. The lowest BCUT2D eigenvalue weighted by Gasteiger charge is -2.59. The summed E-state index contributed by atoms with van der Waals surface area (Å²) in [5.41, 5.74) is -3.88. The third-order valence-electron chi connectivity index (χ3n) is 6.33. The monoisotopic (exact) mass is 454 g/mol. The number of carboxylic acid groups (broad SMARTS) is 2. The van der Waals surface area contributed by atoms with E-state index >= 15 is 0 Å². The zero-order valence-electron chi connectivity index (χ0n) is 19.1. The number of amides is 1. The van der Waals surface area contributed by atoms with Crippen LogP contribution in [0.15, 0.2) is 60.7 Å². The molecule has 176 valence electrons. The second-order valence-corrected chi connectivity index (χ2v) is 9.25. The van der Waals surface area contributed by atoms with Crippen LogP contribution >= 0.6 is 0 Å². The van der Waals surface area contributed by atoms with Crippen molar-refractivity contribution >= 4 is 18.0 Å². The fraction of sp³-hybridized carbons (Fsp3) is 0.400. The highest BCUT2D eigenvalue weighted by Gasteiger charge is 2.72. The fourth-order valence-corrected chi connectivity index (χ4v) is 4.87. The van der Waals surface area contributed by atoms with Gasteiger partial charge in [0.2, 0.25) is 0 Å². The zero-order valence-corrected chi connectivity index (χ0v) is 19.1. The summed E-state index contributed by atoms with van der Waals surface area (Å²) in [6, 6.07) is 17.8. The molecule has 0 aromatic heterocycles. The molecule has 1 fully saturated rings. The molecule has 0 radical (unpaired) electrons. The number of rotatable bonds is 6. The molecule has 1 aliphatic rings. The molecule has 0 spiro atoms. The highest BCUT2D eigenvalue weighted by molar-refractivity contribution is 5.97. The number of ether oxygens (including phenoxy) is 1. The molecule has 3 N–H and O–H groups in total. The molecule has 2 aromatic rings. The van der Waals surface area contributed by atoms with E-state index in [2.05, 4.69) is 5.32 Å². The molecule has 8 heteroatoms. The molecule has 1 saturated heterocycles. The standard InChI is InChI=1S/C25H30N2O6/c1-23(2,3)25(21(30)31)24(20(28)29,16-18-10-6-4-7-11-18)27(15-14-26-25)22(32)33-17-19-12-8-5-9-13-19/h4-13,26H,14-17H2,1-3H3,(H,28,29)(H,30,31). The zero-order chi connectivity index (χ0) is 24.3. The van der Waals surface area contributed by atoms with Gasteiger partial charge in [0.1, 0.15) is 6.61 Å². The van der Waals surface area contributed by atoms with Crippen molar-refractivity contribution in [2.75, 3.05) is 13.1 Å². The van der Waals surface area contributed by atoms with E-state index in [4.69, 9.17) is 4.74 Å². The number of benzene rings is 2. The highest BCUT2D eigenvalue weighted by atomic mass is 16.6. The van der Waals surface area contributed by atoms with Crippen LogP contribution in [0, 0.1) is 5.41 Å². The number of nitrogens with one attached hydrogen (secondary N) is 1. The van der Waals surface area contributed by atoms with E-state index in [-0.39, 0.29) is 26.1 Å². The Morgan fingerprint density at radius 3 is 1.97 bits per heavy atom. The summed E-state index contributed by atoms with van der Waals surface area (Å²) in [6.45, 7) is 5.02. The molecule has 0 aliphatic carbocycles. The summed E-state index contributed by atoms with van der Waals surface area (Å²) in [6.07, 6.45) is -1.08. The van der Waals surface area contributed by atoms with Gasteiger partial charge in [0.25, 0.3) is 0 Å². The lowest BCUT2D eigenvalue weighted by atomic mass is 9.58. The molecule has 2 unspecified atom stereocenters. The lowest BCUT2D eigenvalue weighted by Crippen LogP contribution is -2.85. The summed E-state index contributed by atoms with van der Waals surface area (Å²) in [4.78, 5) is 40.4. The van der Waals surface area contributed by atoms with Crippen molar-refractivity contribution in [1.29, 1.82) is 0 Å². The van der Waals surface area contributed by atoms with Crippen LogP contribution in [-0.4, -0.2) is 57.3 Å². The Labute approximate surface area is 193 Å². The molecule has 8 nitrogen and oxygen atoms in total. The Balaban J connectivity index is 2.14. The van der Waals surface area contributed by atoms with Crippen molar-refractivity contribution < 1.29 is 29.3 Å². The normalized spacial score (nSPS) is 23.1. The maximum atomic E-state index is 13.3. The van der Waals surface area contributed by atoms with E-state index in [9.17, 15) is 24.6 Å². The second kappa shape index (κ2) is 9.23.